The predicted molar refractivity (Wildman–Crippen MR) is 66.9 cm³/mol. The third-order valence-corrected chi connectivity index (χ3v) is 2.81. The number of ether oxygens (including phenoxy) is 1. The van der Waals surface area contributed by atoms with Crippen LogP contribution >= 0.6 is 15.9 Å². The Morgan fingerprint density at radius 2 is 2.24 bits per heavy atom. The fourth-order valence-corrected chi connectivity index (χ4v) is 1.88. The lowest BCUT2D eigenvalue weighted by atomic mass is 10.2. The van der Waals surface area contributed by atoms with Crippen LogP contribution in [0.2, 0.25) is 0 Å². The maximum absolute atomic E-state index is 5.62. The molecule has 0 atom stereocenters. The zero-order chi connectivity index (χ0) is 12.3. The first-order valence-electron chi connectivity index (χ1n) is 5.39. The normalized spacial score (nSPS) is 10.5. The molecule has 0 aliphatic heterocycles. The van der Waals surface area contributed by atoms with Crippen LogP contribution in [-0.4, -0.2) is 10.1 Å². The second-order valence-electron chi connectivity index (χ2n) is 3.66. The van der Waals surface area contributed by atoms with Gasteiger partial charge in [-0.3, -0.25) is 0 Å². The standard InChI is InChI=1S/C12H13BrN2O2/c1-3-11-14-12(17-15-11)7-16-10-5-4-9(13)6-8(10)2/h4-6H,3,7H2,1-2H3. The quantitative estimate of drug-likeness (QED) is 0.869. The van der Waals surface area contributed by atoms with Crippen LogP contribution in [0.1, 0.15) is 24.2 Å². The lowest BCUT2D eigenvalue weighted by Crippen LogP contribution is -1.97. The summed E-state index contributed by atoms with van der Waals surface area (Å²) in [6, 6.07) is 5.85. The monoisotopic (exact) mass is 296 g/mol. The largest absolute Gasteiger partial charge is 0.483 e. The number of hydrogen-bond donors (Lipinski definition) is 0. The summed E-state index contributed by atoms with van der Waals surface area (Å²) < 4.78 is 11.7. The Labute approximate surface area is 108 Å². The first kappa shape index (κ1) is 12.1. The van der Waals surface area contributed by atoms with E-state index in [4.69, 9.17) is 9.26 Å². The van der Waals surface area contributed by atoms with Gasteiger partial charge in [0.25, 0.3) is 5.89 Å². The van der Waals surface area contributed by atoms with Crippen LogP contribution in [0.25, 0.3) is 0 Å². The molecule has 17 heavy (non-hydrogen) atoms. The van der Waals surface area contributed by atoms with Gasteiger partial charge in [-0.1, -0.05) is 28.0 Å². The van der Waals surface area contributed by atoms with Crippen LogP contribution in [0.15, 0.2) is 27.2 Å². The Bertz CT molecular complexity index is 511. The van der Waals surface area contributed by atoms with Gasteiger partial charge >= 0.3 is 0 Å². The average molecular weight is 297 g/mol. The van der Waals surface area contributed by atoms with Crippen molar-refractivity contribution in [3.63, 3.8) is 0 Å². The van der Waals surface area contributed by atoms with E-state index >= 15 is 0 Å². The molecule has 90 valence electrons. The second-order valence-corrected chi connectivity index (χ2v) is 4.57. The van der Waals surface area contributed by atoms with Gasteiger partial charge in [0.05, 0.1) is 0 Å². The van der Waals surface area contributed by atoms with E-state index in [1.165, 1.54) is 0 Å². The SMILES string of the molecule is CCc1noc(COc2ccc(Br)cc2C)n1. The van der Waals surface area contributed by atoms with Gasteiger partial charge in [-0.05, 0) is 30.7 Å². The number of hydrogen-bond acceptors (Lipinski definition) is 4. The summed E-state index contributed by atoms with van der Waals surface area (Å²) in [4.78, 5) is 4.18. The Kier molecular flexibility index (Phi) is 3.78. The molecule has 0 radical (unpaired) electrons. The Balaban J connectivity index is 2.02. The van der Waals surface area contributed by atoms with Crippen LogP contribution in [0.5, 0.6) is 5.75 Å². The average Bonchev–Trinajstić information content (AvgIpc) is 2.76. The molecule has 2 rings (SSSR count). The molecule has 0 bridgehead atoms. The van der Waals surface area contributed by atoms with Crippen LogP contribution in [0.4, 0.5) is 0 Å². The molecule has 0 fully saturated rings. The molecule has 0 spiro atoms. The van der Waals surface area contributed by atoms with Gasteiger partial charge in [-0.25, -0.2) is 0 Å². The molecule has 1 aromatic carbocycles. The highest BCUT2D eigenvalue weighted by atomic mass is 79.9. The van der Waals surface area contributed by atoms with E-state index in [0.29, 0.717) is 18.3 Å². The number of benzene rings is 1. The number of nitrogens with zero attached hydrogens (tertiary/aromatic N) is 2. The van der Waals surface area contributed by atoms with E-state index in [1.807, 2.05) is 32.0 Å². The first-order valence-corrected chi connectivity index (χ1v) is 6.18. The molecule has 0 saturated carbocycles. The molecule has 2 aromatic rings. The van der Waals surface area contributed by atoms with Crippen LogP contribution < -0.4 is 4.74 Å². The highest BCUT2D eigenvalue weighted by molar-refractivity contribution is 9.10. The minimum absolute atomic E-state index is 0.301. The topological polar surface area (TPSA) is 48.2 Å². The van der Waals surface area contributed by atoms with Gasteiger partial charge in [0, 0.05) is 10.9 Å². The molecule has 0 N–H and O–H groups in total. The van der Waals surface area contributed by atoms with Gasteiger partial charge < -0.3 is 9.26 Å². The van der Waals surface area contributed by atoms with Crippen molar-refractivity contribution >= 4 is 15.9 Å². The van der Waals surface area contributed by atoms with Gasteiger partial charge in [-0.2, -0.15) is 4.98 Å². The summed E-state index contributed by atoms with van der Waals surface area (Å²) in [5.41, 5.74) is 1.06. The summed E-state index contributed by atoms with van der Waals surface area (Å²) in [6.45, 7) is 4.27. The zero-order valence-electron chi connectivity index (χ0n) is 9.74. The Morgan fingerprint density at radius 1 is 1.41 bits per heavy atom. The van der Waals surface area contributed by atoms with E-state index in [1.54, 1.807) is 0 Å². The van der Waals surface area contributed by atoms with Crippen molar-refractivity contribution in [1.29, 1.82) is 0 Å². The van der Waals surface area contributed by atoms with Gasteiger partial charge in [0.15, 0.2) is 12.4 Å². The van der Waals surface area contributed by atoms with Crippen molar-refractivity contribution in [2.45, 2.75) is 26.9 Å². The lowest BCUT2D eigenvalue weighted by molar-refractivity contribution is 0.241. The minimum atomic E-state index is 0.301. The van der Waals surface area contributed by atoms with Crippen molar-refractivity contribution in [3.8, 4) is 5.75 Å². The van der Waals surface area contributed by atoms with Crippen molar-refractivity contribution < 1.29 is 9.26 Å². The molecule has 5 heteroatoms. The van der Waals surface area contributed by atoms with E-state index in [0.717, 1.165) is 22.2 Å². The Morgan fingerprint density at radius 3 is 2.88 bits per heavy atom. The van der Waals surface area contributed by atoms with E-state index < -0.39 is 0 Å². The lowest BCUT2D eigenvalue weighted by Gasteiger charge is -2.06. The number of rotatable bonds is 4. The first-order chi connectivity index (χ1) is 8.19. The molecule has 0 unspecified atom stereocenters. The number of aryl methyl sites for hydroxylation is 2. The van der Waals surface area contributed by atoms with Gasteiger partial charge in [0.2, 0.25) is 0 Å². The molecule has 1 aromatic heterocycles. The van der Waals surface area contributed by atoms with Crippen LogP contribution in [-0.2, 0) is 13.0 Å². The summed E-state index contributed by atoms with van der Waals surface area (Å²) in [6.07, 6.45) is 0.765. The fourth-order valence-electron chi connectivity index (χ4n) is 1.41. The van der Waals surface area contributed by atoms with Gasteiger partial charge in [-0.15, -0.1) is 0 Å². The molecule has 0 aliphatic carbocycles. The zero-order valence-corrected chi connectivity index (χ0v) is 11.3. The maximum Gasteiger partial charge on any atom is 0.264 e. The predicted octanol–water partition coefficient (Wildman–Crippen LogP) is 3.28. The summed E-state index contributed by atoms with van der Waals surface area (Å²) in [5.74, 6) is 2.03. The summed E-state index contributed by atoms with van der Waals surface area (Å²) in [7, 11) is 0. The summed E-state index contributed by atoms with van der Waals surface area (Å²) in [5, 5.41) is 3.81. The minimum Gasteiger partial charge on any atom is -0.483 e. The maximum atomic E-state index is 5.62. The number of aromatic nitrogens is 2. The highest BCUT2D eigenvalue weighted by Gasteiger charge is 2.06. The molecule has 1 heterocycles. The van der Waals surface area contributed by atoms with Gasteiger partial charge in [0.1, 0.15) is 5.75 Å². The van der Waals surface area contributed by atoms with E-state index in [2.05, 4.69) is 26.1 Å². The third-order valence-electron chi connectivity index (χ3n) is 2.31. The number of halogens is 1. The molecule has 0 aliphatic rings. The third kappa shape index (κ3) is 3.06. The molecular weight excluding hydrogens is 284 g/mol. The molecular formula is C12H13BrN2O2. The molecule has 4 nitrogen and oxygen atoms in total. The van der Waals surface area contributed by atoms with Crippen molar-refractivity contribution in [3.05, 3.63) is 40.0 Å². The second kappa shape index (κ2) is 5.31. The van der Waals surface area contributed by atoms with Crippen LogP contribution in [0, 0.1) is 6.92 Å². The van der Waals surface area contributed by atoms with Crippen molar-refractivity contribution in [2.75, 3.05) is 0 Å². The smallest absolute Gasteiger partial charge is 0.264 e. The summed E-state index contributed by atoms with van der Waals surface area (Å²) >= 11 is 3.41. The van der Waals surface area contributed by atoms with E-state index in [-0.39, 0.29) is 0 Å². The molecule has 0 amide bonds. The van der Waals surface area contributed by atoms with Crippen molar-refractivity contribution in [2.24, 2.45) is 0 Å². The van der Waals surface area contributed by atoms with Crippen LogP contribution in [0.3, 0.4) is 0 Å². The highest BCUT2D eigenvalue weighted by Crippen LogP contribution is 2.22. The van der Waals surface area contributed by atoms with E-state index in [9.17, 15) is 0 Å². The van der Waals surface area contributed by atoms with Crippen molar-refractivity contribution in [1.82, 2.24) is 10.1 Å². The molecule has 0 saturated heterocycles. The Hall–Kier alpha value is -1.36. The fraction of sp³-hybridized carbons (Fsp3) is 0.333.